The first kappa shape index (κ1) is 12.4. The molecule has 90 valence electrons. The van der Waals surface area contributed by atoms with Gasteiger partial charge in [-0.1, -0.05) is 37.1 Å². The van der Waals surface area contributed by atoms with Crippen LogP contribution in [0.3, 0.4) is 0 Å². The molecular weight excluding hydrogens is 228 g/mol. The third-order valence-electron chi connectivity index (χ3n) is 3.14. The highest BCUT2D eigenvalue weighted by atomic mass is 32.2. The second-order valence-corrected chi connectivity index (χ2v) is 6.12. The molecule has 1 aliphatic rings. The van der Waals surface area contributed by atoms with Gasteiger partial charge in [0.15, 0.2) is 5.78 Å². The van der Waals surface area contributed by atoms with Crippen LogP contribution >= 0.6 is 11.8 Å². The van der Waals surface area contributed by atoms with E-state index in [0.717, 1.165) is 0 Å². The number of ketones is 1. The topological polar surface area (TPSA) is 17.1 Å². The van der Waals surface area contributed by atoms with Crippen molar-refractivity contribution in [2.24, 2.45) is 0 Å². The van der Waals surface area contributed by atoms with Gasteiger partial charge in [0.25, 0.3) is 0 Å². The minimum atomic E-state index is 0.143. The Kier molecular flexibility index (Phi) is 4.06. The molecular formula is C15H18OS. The highest BCUT2D eigenvalue weighted by Gasteiger charge is 2.32. The largest absolute Gasteiger partial charge is 0.295 e. The maximum atomic E-state index is 11.1. The van der Waals surface area contributed by atoms with Crippen molar-refractivity contribution in [1.29, 1.82) is 0 Å². The predicted octanol–water partition coefficient (Wildman–Crippen LogP) is 4.24. The molecule has 2 heteroatoms. The summed E-state index contributed by atoms with van der Waals surface area (Å²) in [4.78, 5) is 12.4. The number of hydrogen-bond donors (Lipinski definition) is 0. The van der Waals surface area contributed by atoms with E-state index < -0.39 is 0 Å². The number of rotatable bonds is 4. The van der Waals surface area contributed by atoms with Crippen molar-refractivity contribution in [2.75, 3.05) is 0 Å². The zero-order chi connectivity index (χ0) is 12.1. The van der Waals surface area contributed by atoms with Crippen molar-refractivity contribution < 1.29 is 4.79 Å². The fraction of sp³-hybridized carbons (Fsp3) is 0.400. The van der Waals surface area contributed by atoms with Crippen LogP contribution in [0.2, 0.25) is 0 Å². The lowest BCUT2D eigenvalue weighted by molar-refractivity contribution is -0.112. The second-order valence-electron chi connectivity index (χ2n) is 4.63. The van der Waals surface area contributed by atoms with Gasteiger partial charge in [-0.15, -0.1) is 11.8 Å². The average Bonchev–Trinajstić information content (AvgIpc) is 2.77. The second kappa shape index (κ2) is 5.54. The Bertz CT molecular complexity index is 402. The minimum Gasteiger partial charge on any atom is -0.295 e. The summed E-state index contributed by atoms with van der Waals surface area (Å²) >= 11 is 1.90. The normalized spacial score (nSPS) is 18.6. The lowest BCUT2D eigenvalue weighted by atomic mass is 10.1. The van der Waals surface area contributed by atoms with E-state index >= 15 is 0 Å². The van der Waals surface area contributed by atoms with E-state index in [1.165, 1.54) is 30.6 Å². The zero-order valence-electron chi connectivity index (χ0n) is 10.2. The number of allylic oxidation sites excluding steroid dienone is 1. The molecule has 2 rings (SSSR count). The molecule has 0 N–H and O–H groups in total. The summed E-state index contributed by atoms with van der Waals surface area (Å²) in [5.74, 6) is 0.143. The molecule has 0 aromatic heterocycles. The summed E-state index contributed by atoms with van der Waals surface area (Å²) in [6.07, 6.45) is 8.75. The fourth-order valence-electron chi connectivity index (χ4n) is 2.27. The highest BCUT2D eigenvalue weighted by Crippen LogP contribution is 2.46. The molecule has 0 saturated heterocycles. The van der Waals surface area contributed by atoms with Crippen LogP contribution in [0.1, 0.15) is 32.6 Å². The molecule has 1 aliphatic carbocycles. The smallest absolute Gasteiger partial charge is 0.152 e. The number of hydrogen-bond acceptors (Lipinski definition) is 2. The molecule has 1 saturated carbocycles. The summed E-state index contributed by atoms with van der Waals surface area (Å²) in [5, 5.41) is 0. The van der Waals surface area contributed by atoms with Crippen molar-refractivity contribution in [2.45, 2.75) is 42.2 Å². The van der Waals surface area contributed by atoms with Gasteiger partial charge in [-0.3, -0.25) is 4.79 Å². The number of thioether (sulfide) groups is 1. The number of carbonyl (C=O) groups excluding carboxylic acids is 1. The molecule has 1 nitrogen and oxygen atoms in total. The van der Waals surface area contributed by atoms with E-state index in [-0.39, 0.29) is 10.5 Å². The molecule has 0 bridgehead atoms. The van der Waals surface area contributed by atoms with Gasteiger partial charge in [0.1, 0.15) is 0 Å². The van der Waals surface area contributed by atoms with Crippen molar-refractivity contribution in [3.8, 4) is 0 Å². The first-order valence-electron chi connectivity index (χ1n) is 6.14. The molecule has 1 fully saturated rings. The van der Waals surface area contributed by atoms with Gasteiger partial charge in [0.2, 0.25) is 0 Å². The summed E-state index contributed by atoms with van der Waals surface area (Å²) in [6.45, 7) is 1.62. The Morgan fingerprint density at radius 3 is 2.47 bits per heavy atom. The predicted molar refractivity (Wildman–Crippen MR) is 73.3 cm³/mol. The summed E-state index contributed by atoms with van der Waals surface area (Å²) in [5.41, 5.74) is 0. The zero-order valence-corrected chi connectivity index (χ0v) is 11.0. The molecule has 0 spiro atoms. The van der Waals surface area contributed by atoms with Gasteiger partial charge >= 0.3 is 0 Å². The van der Waals surface area contributed by atoms with Crippen LogP contribution in [0.25, 0.3) is 0 Å². The molecule has 0 amide bonds. The molecule has 0 aliphatic heterocycles. The van der Waals surface area contributed by atoms with Gasteiger partial charge in [-0.25, -0.2) is 0 Å². The first-order chi connectivity index (χ1) is 8.20. The SMILES string of the molecule is CC(=O)/C=C/C1(Sc2ccccc2)CCCC1. The van der Waals surface area contributed by atoms with E-state index in [9.17, 15) is 4.79 Å². The molecule has 1 aromatic rings. The van der Waals surface area contributed by atoms with Crippen molar-refractivity contribution in [3.63, 3.8) is 0 Å². The van der Waals surface area contributed by atoms with Crippen LogP contribution in [0.4, 0.5) is 0 Å². The van der Waals surface area contributed by atoms with Crippen LogP contribution in [-0.2, 0) is 4.79 Å². The lowest BCUT2D eigenvalue weighted by Gasteiger charge is -2.24. The van der Waals surface area contributed by atoms with Crippen molar-refractivity contribution in [3.05, 3.63) is 42.5 Å². The maximum absolute atomic E-state index is 11.1. The van der Waals surface area contributed by atoms with Gasteiger partial charge in [0.05, 0.1) is 0 Å². The molecule has 0 atom stereocenters. The van der Waals surface area contributed by atoms with E-state index in [0.29, 0.717) is 0 Å². The minimum absolute atomic E-state index is 0.143. The first-order valence-corrected chi connectivity index (χ1v) is 6.96. The highest BCUT2D eigenvalue weighted by molar-refractivity contribution is 8.00. The number of benzene rings is 1. The molecule has 17 heavy (non-hydrogen) atoms. The van der Waals surface area contributed by atoms with E-state index in [1.807, 2.05) is 17.8 Å². The summed E-state index contributed by atoms with van der Waals surface area (Å²) in [6, 6.07) is 10.5. The molecule has 0 radical (unpaired) electrons. The van der Waals surface area contributed by atoms with Gasteiger partial charge in [0, 0.05) is 9.64 Å². The summed E-state index contributed by atoms with van der Waals surface area (Å²) < 4.78 is 0.146. The molecule has 0 heterocycles. The van der Waals surface area contributed by atoms with Crippen LogP contribution in [0.15, 0.2) is 47.4 Å². The fourth-order valence-corrected chi connectivity index (χ4v) is 3.66. The standard InChI is InChI=1S/C15H18OS/c1-13(16)9-12-15(10-5-6-11-15)17-14-7-3-2-4-8-14/h2-4,7-9,12H,5-6,10-11H2,1H3/b12-9+. The van der Waals surface area contributed by atoms with Crippen LogP contribution in [0.5, 0.6) is 0 Å². The van der Waals surface area contributed by atoms with Gasteiger partial charge in [-0.2, -0.15) is 0 Å². The van der Waals surface area contributed by atoms with Gasteiger partial charge < -0.3 is 0 Å². The van der Waals surface area contributed by atoms with Crippen LogP contribution in [-0.4, -0.2) is 10.5 Å². The molecule has 1 aromatic carbocycles. The van der Waals surface area contributed by atoms with Crippen molar-refractivity contribution in [1.82, 2.24) is 0 Å². The Hall–Kier alpha value is -1.02. The van der Waals surface area contributed by atoms with E-state index in [2.05, 4.69) is 30.3 Å². The van der Waals surface area contributed by atoms with Gasteiger partial charge in [-0.05, 0) is 38.0 Å². The quantitative estimate of drug-likeness (QED) is 0.739. The number of carbonyl (C=O) groups is 1. The Labute approximate surface area is 107 Å². The molecule has 0 unspecified atom stereocenters. The van der Waals surface area contributed by atoms with E-state index in [1.54, 1.807) is 13.0 Å². The van der Waals surface area contributed by atoms with Crippen LogP contribution in [0, 0.1) is 0 Å². The maximum Gasteiger partial charge on any atom is 0.152 e. The Morgan fingerprint density at radius 1 is 1.24 bits per heavy atom. The van der Waals surface area contributed by atoms with E-state index in [4.69, 9.17) is 0 Å². The van der Waals surface area contributed by atoms with Crippen LogP contribution < -0.4 is 0 Å². The Morgan fingerprint density at radius 2 is 1.88 bits per heavy atom. The monoisotopic (exact) mass is 246 g/mol. The third-order valence-corrected chi connectivity index (χ3v) is 4.59. The average molecular weight is 246 g/mol. The van der Waals surface area contributed by atoms with Crippen molar-refractivity contribution >= 4 is 17.5 Å². The Balaban J connectivity index is 2.15. The third kappa shape index (κ3) is 3.47. The lowest BCUT2D eigenvalue weighted by Crippen LogP contribution is -2.16. The summed E-state index contributed by atoms with van der Waals surface area (Å²) in [7, 11) is 0.